The summed E-state index contributed by atoms with van der Waals surface area (Å²) in [7, 11) is 0. The number of ketones is 1. The zero-order valence-corrected chi connectivity index (χ0v) is 9.50. The number of hydrogen-bond acceptors (Lipinski definition) is 3. The zero-order valence-electron chi connectivity index (χ0n) is 9.50. The van der Waals surface area contributed by atoms with Crippen LogP contribution in [-0.4, -0.2) is 47.8 Å². The maximum Gasteiger partial charge on any atom is 0.410 e. The number of ether oxygens (including phenoxy) is 1. The second-order valence-electron chi connectivity index (χ2n) is 4.72. The van der Waals surface area contributed by atoms with Crippen LogP contribution in [-0.2, 0) is 9.53 Å². The molecule has 4 nitrogen and oxygen atoms in total. The van der Waals surface area contributed by atoms with E-state index in [1.807, 2.05) is 0 Å². The molecular weight excluding hydrogens is 220 g/mol. The van der Waals surface area contributed by atoms with Crippen LogP contribution < -0.4 is 0 Å². The Morgan fingerprint density at radius 2 is 1.75 bits per heavy atom. The molecule has 1 heterocycles. The number of Topliss-reactive ketones (excluding diaryl/α,β-unsaturated/α-hetero) is 1. The van der Waals surface area contributed by atoms with Gasteiger partial charge in [0.1, 0.15) is 5.60 Å². The third kappa shape index (κ3) is 3.15. The van der Waals surface area contributed by atoms with E-state index < -0.39 is 42.9 Å². The van der Waals surface area contributed by atoms with E-state index in [2.05, 4.69) is 0 Å². The van der Waals surface area contributed by atoms with Crippen molar-refractivity contribution in [1.29, 1.82) is 0 Å². The van der Waals surface area contributed by atoms with Crippen LogP contribution in [0.5, 0.6) is 0 Å². The first-order chi connectivity index (χ1) is 7.20. The third-order valence-electron chi connectivity index (χ3n) is 2.03. The third-order valence-corrected chi connectivity index (χ3v) is 2.03. The molecule has 0 aliphatic carbocycles. The highest BCUT2D eigenvalue weighted by Gasteiger charge is 2.38. The Morgan fingerprint density at radius 3 is 2.12 bits per heavy atom. The predicted octanol–water partition coefficient (Wildman–Crippen LogP) is 1.48. The molecule has 1 aliphatic heterocycles. The molecule has 0 radical (unpaired) electrons. The first kappa shape index (κ1) is 12.9. The quantitative estimate of drug-likeness (QED) is 0.639. The molecule has 16 heavy (non-hydrogen) atoms. The SMILES string of the molecule is CC(C)(C)OC(=O)N1CC(F)C(=O)C(F)C1. The van der Waals surface area contributed by atoms with Crippen LogP contribution in [0.25, 0.3) is 0 Å². The molecule has 2 atom stereocenters. The topological polar surface area (TPSA) is 46.6 Å². The second kappa shape index (κ2) is 4.35. The molecule has 0 N–H and O–H groups in total. The van der Waals surface area contributed by atoms with Gasteiger partial charge in [-0.05, 0) is 20.8 Å². The summed E-state index contributed by atoms with van der Waals surface area (Å²) in [5, 5.41) is 0. The van der Waals surface area contributed by atoms with Gasteiger partial charge in [0.2, 0.25) is 5.78 Å². The number of carbonyl (C=O) groups excluding carboxylic acids is 2. The van der Waals surface area contributed by atoms with Crippen LogP contribution in [0.1, 0.15) is 20.8 Å². The summed E-state index contributed by atoms with van der Waals surface area (Å²) in [6.07, 6.45) is -4.72. The summed E-state index contributed by atoms with van der Waals surface area (Å²) < 4.78 is 31.0. The minimum absolute atomic E-state index is 0.436. The van der Waals surface area contributed by atoms with Gasteiger partial charge in [0.15, 0.2) is 12.3 Å². The smallest absolute Gasteiger partial charge is 0.410 e. The number of hydrogen-bond donors (Lipinski definition) is 0. The highest BCUT2D eigenvalue weighted by molar-refractivity contribution is 5.89. The largest absolute Gasteiger partial charge is 0.444 e. The molecule has 1 fully saturated rings. The molecule has 0 aromatic heterocycles. The van der Waals surface area contributed by atoms with Gasteiger partial charge in [-0.1, -0.05) is 0 Å². The molecule has 1 rings (SSSR count). The van der Waals surface area contributed by atoms with E-state index in [0.717, 1.165) is 4.90 Å². The van der Waals surface area contributed by atoms with E-state index in [-0.39, 0.29) is 0 Å². The lowest BCUT2D eigenvalue weighted by Crippen LogP contribution is -2.52. The number of halogens is 2. The van der Waals surface area contributed by atoms with Crippen molar-refractivity contribution in [3.63, 3.8) is 0 Å². The van der Waals surface area contributed by atoms with Crippen LogP contribution in [0, 0.1) is 0 Å². The van der Waals surface area contributed by atoms with Gasteiger partial charge in [0.05, 0.1) is 13.1 Å². The highest BCUT2D eigenvalue weighted by atomic mass is 19.1. The Hall–Kier alpha value is -1.20. The first-order valence-corrected chi connectivity index (χ1v) is 5.00. The number of nitrogens with zero attached hydrogens (tertiary/aromatic N) is 1. The maximum atomic E-state index is 13.0. The van der Waals surface area contributed by atoms with E-state index >= 15 is 0 Å². The number of amides is 1. The van der Waals surface area contributed by atoms with Crippen LogP contribution in [0.3, 0.4) is 0 Å². The molecule has 1 aliphatic rings. The van der Waals surface area contributed by atoms with Gasteiger partial charge < -0.3 is 9.64 Å². The fraction of sp³-hybridized carbons (Fsp3) is 0.800. The minimum atomic E-state index is -1.96. The first-order valence-electron chi connectivity index (χ1n) is 5.00. The Bertz CT molecular complexity index is 287. The van der Waals surface area contributed by atoms with E-state index in [4.69, 9.17) is 4.74 Å². The predicted molar refractivity (Wildman–Crippen MR) is 52.6 cm³/mol. The average molecular weight is 235 g/mol. The Labute approximate surface area is 92.5 Å². The molecule has 0 saturated carbocycles. The number of rotatable bonds is 0. The fourth-order valence-electron chi connectivity index (χ4n) is 1.31. The Morgan fingerprint density at radius 1 is 1.31 bits per heavy atom. The Kier molecular flexibility index (Phi) is 3.50. The standard InChI is InChI=1S/C10H15F2NO3/c1-10(2,3)16-9(15)13-4-6(11)8(14)7(12)5-13/h6-7H,4-5H2,1-3H3. The van der Waals surface area contributed by atoms with Gasteiger partial charge in [-0.15, -0.1) is 0 Å². The van der Waals surface area contributed by atoms with E-state index in [1.54, 1.807) is 20.8 Å². The molecule has 1 saturated heterocycles. The van der Waals surface area contributed by atoms with E-state index in [0.29, 0.717) is 0 Å². The summed E-state index contributed by atoms with van der Waals surface area (Å²) >= 11 is 0. The van der Waals surface area contributed by atoms with Crippen molar-refractivity contribution in [3.8, 4) is 0 Å². The number of carbonyl (C=O) groups is 2. The molecule has 0 bridgehead atoms. The van der Waals surface area contributed by atoms with Crippen molar-refractivity contribution in [2.24, 2.45) is 0 Å². The molecule has 0 aromatic carbocycles. The van der Waals surface area contributed by atoms with Crippen molar-refractivity contribution in [1.82, 2.24) is 4.90 Å². The van der Waals surface area contributed by atoms with Gasteiger partial charge in [-0.2, -0.15) is 0 Å². The average Bonchev–Trinajstić information content (AvgIpc) is 2.10. The lowest BCUT2D eigenvalue weighted by atomic mass is 10.1. The van der Waals surface area contributed by atoms with Crippen LogP contribution in [0.15, 0.2) is 0 Å². The van der Waals surface area contributed by atoms with Crippen molar-refractivity contribution in [2.75, 3.05) is 13.1 Å². The Balaban J connectivity index is 2.62. The molecule has 0 spiro atoms. The number of piperidine rings is 1. The van der Waals surface area contributed by atoms with E-state index in [1.165, 1.54) is 0 Å². The van der Waals surface area contributed by atoms with Crippen molar-refractivity contribution < 1.29 is 23.1 Å². The lowest BCUT2D eigenvalue weighted by molar-refractivity contribution is -0.133. The highest BCUT2D eigenvalue weighted by Crippen LogP contribution is 2.17. The molecule has 0 aromatic rings. The van der Waals surface area contributed by atoms with Gasteiger partial charge in [-0.25, -0.2) is 13.6 Å². The molecule has 2 unspecified atom stereocenters. The summed E-state index contributed by atoms with van der Waals surface area (Å²) in [5.41, 5.74) is -0.726. The fourth-order valence-corrected chi connectivity index (χ4v) is 1.31. The second-order valence-corrected chi connectivity index (χ2v) is 4.72. The van der Waals surface area contributed by atoms with Crippen molar-refractivity contribution >= 4 is 11.9 Å². The van der Waals surface area contributed by atoms with Crippen molar-refractivity contribution in [3.05, 3.63) is 0 Å². The van der Waals surface area contributed by atoms with Crippen LogP contribution >= 0.6 is 0 Å². The van der Waals surface area contributed by atoms with Gasteiger partial charge in [0.25, 0.3) is 0 Å². The van der Waals surface area contributed by atoms with Gasteiger partial charge in [0, 0.05) is 0 Å². The van der Waals surface area contributed by atoms with Crippen LogP contribution in [0.2, 0.25) is 0 Å². The summed E-state index contributed by atoms with van der Waals surface area (Å²) in [4.78, 5) is 23.2. The maximum absolute atomic E-state index is 13.0. The summed E-state index contributed by atoms with van der Waals surface area (Å²) in [5.74, 6) is -1.10. The normalized spacial score (nSPS) is 26.8. The number of likely N-dealkylation sites (tertiary alicyclic amines) is 1. The summed E-state index contributed by atoms with van der Waals surface area (Å²) in [6, 6.07) is 0. The monoisotopic (exact) mass is 235 g/mol. The summed E-state index contributed by atoms with van der Waals surface area (Å²) in [6.45, 7) is 4.09. The molecule has 92 valence electrons. The van der Waals surface area contributed by atoms with Crippen LogP contribution in [0.4, 0.5) is 13.6 Å². The number of alkyl halides is 2. The van der Waals surface area contributed by atoms with Gasteiger partial charge in [-0.3, -0.25) is 4.79 Å². The molecule has 1 amide bonds. The zero-order chi connectivity index (χ0) is 12.5. The van der Waals surface area contributed by atoms with Gasteiger partial charge >= 0.3 is 6.09 Å². The van der Waals surface area contributed by atoms with E-state index in [9.17, 15) is 18.4 Å². The minimum Gasteiger partial charge on any atom is -0.444 e. The van der Waals surface area contributed by atoms with Crippen molar-refractivity contribution in [2.45, 2.75) is 38.7 Å². The molecular formula is C10H15F2NO3. The molecule has 6 heteroatoms. The lowest BCUT2D eigenvalue weighted by Gasteiger charge is -2.32.